The van der Waals surface area contributed by atoms with Crippen molar-refractivity contribution in [1.29, 1.82) is 0 Å². The van der Waals surface area contributed by atoms with E-state index in [2.05, 4.69) is 15.4 Å². The van der Waals surface area contributed by atoms with Crippen LogP contribution in [0.1, 0.15) is 10.5 Å². The molecule has 3 rings (SSSR count). The number of benzene rings is 1. The highest BCUT2D eigenvalue weighted by atomic mass is 35.5. The number of carbonyl (C=O) groups excluding carboxylic acids is 1. The zero-order chi connectivity index (χ0) is 14.1. The lowest BCUT2D eigenvalue weighted by molar-refractivity contribution is 0.102. The third-order valence-corrected chi connectivity index (χ3v) is 3.10. The number of nitrogens with zero attached hydrogens (tertiary/aromatic N) is 3. The first-order valence-corrected chi connectivity index (χ1v) is 6.19. The maximum absolute atomic E-state index is 12.3. The van der Waals surface area contributed by atoms with E-state index in [1.807, 2.05) is 0 Å². The molecular weight excluding hydrogens is 278 g/mol. The van der Waals surface area contributed by atoms with Crippen LogP contribution in [-0.4, -0.2) is 20.5 Å². The van der Waals surface area contributed by atoms with Crippen molar-refractivity contribution < 1.29 is 4.79 Å². The highest BCUT2D eigenvalue weighted by Gasteiger charge is 2.13. The van der Waals surface area contributed by atoms with Gasteiger partial charge in [0.15, 0.2) is 0 Å². The molecule has 0 unspecified atom stereocenters. The second-order valence-corrected chi connectivity index (χ2v) is 4.51. The second kappa shape index (κ2) is 4.82. The van der Waals surface area contributed by atoms with Gasteiger partial charge in [0, 0.05) is 0 Å². The van der Waals surface area contributed by atoms with E-state index in [0.29, 0.717) is 21.9 Å². The van der Waals surface area contributed by atoms with Crippen LogP contribution >= 0.6 is 11.6 Å². The lowest BCUT2D eigenvalue weighted by Gasteiger charge is -2.06. The van der Waals surface area contributed by atoms with Gasteiger partial charge in [0.25, 0.3) is 5.91 Å². The van der Waals surface area contributed by atoms with E-state index in [0.717, 1.165) is 0 Å². The van der Waals surface area contributed by atoms with Gasteiger partial charge in [-0.05, 0) is 24.3 Å². The Balaban J connectivity index is 1.97. The number of nitrogen functional groups attached to an aromatic ring is 1. The van der Waals surface area contributed by atoms with E-state index in [4.69, 9.17) is 17.3 Å². The predicted molar refractivity (Wildman–Crippen MR) is 76.8 cm³/mol. The van der Waals surface area contributed by atoms with E-state index in [-0.39, 0.29) is 11.9 Å². The summed E-state index contributed by atoms with van der Waals surface area (Å²) >= 11 is 6.01. The van der Waals surface area contributed by atoms with Gasteiger partial charge in [-0.1, -0.05) is 23.7 Å². The number of aromatic nitrogens is 3. The highest BCUT2D eigenvalue weighted by Crippen LogP contribution is 2.21. The molecular formula is C13H10ClN5O. The van der Waals surface area contributed by atoms with Crippen molar-refractivity contribution in [3.63, 3.8) is 0 Å². The average Bonchev–Trinajstić information content (AvgIpc) is 2.84. The minimum Gasteiger partial charge on any atom is -0.367 e. The number of fused-ring (bicyclic) bond motifs is 1. The number of anilines is 2. The first-order chi connectivity index (χ1) is 9.65. The van der Waals surface area contributed by atoms with E-state index in [9.17, 15) is 4.79 Å². The molecule has 0 aliphatic heterocycles. The summed E-state index contributed by atoms with van der Waals surface area (Å²) in [4.78, 5) is 16.1. The molecule has 0 saturated carbocycles. The Labute approximate surface area is 119 Å². The molecule has 0 saturated heterocycles. The molecule has 1 amide bonds. The lowest BCUT2D eigenvalue weighted by Crippen LogP contribution is -2.16. The van der Waals surface area contributed by atoms with Gasteiger partial charge < -0.3 is 11.1 Å². The first-order valence-electron chi connectivity index (χ1n) is 5.81. The third-order valence-electron chi connectivity index (χ3n) is 2.77. The Morgan fingerprint density at radius 2 is 2.05 bits per heavy atom. The van der Waals surface area contributed by atoms with Gasteiger partial charge in [-0.2, -0.15) is 0 Å². The Bertz CT molecular complexity index is 798. The molecule has 0 bridgehead atoms. The van der Waals surface area contributed by atoms with Crippen LogP contribution < -0.4 is 11.1 Å². The number of nitrogens with one attached hydrogen (secondary N) is 1. The van der Waals surface area contributed by atoms with Gasteiger partial charge in [0.2, 0.25) is 5.95 Å². The van der Waals surface area contributed by atoms with Crippen LogP contribution in [0, 0.1) is 0 Å². The monoisotopic (exact) mass is 287 g/mol. The molecule has 100 valence electrons. The van der Waals surface area contributed by atoms with Crippen LogP contribution in [0.5, 0.6) is 0 Å². The van der Waals surface area contributed by atoms with Crippen molar-refractivity contribution in [3.8, 4) is 0 Å². The van der Waals surface area contributed by atoms with Crippen LogP contribution in [0.25, 0.3) is 5.52 Å². The van der Waals surface area contributed by atoms with Crippen LogP contribution in [-0.2, 0) is 0 Å². The van der Waals surface area contributed by atoms with E-state index in [1.165, 1.54) is 4.52 Å². The van der Waals surface area contributed by atoms with Crippen molar-refractivity contribution in [2.45, 2.75) is 0 Å². The van der Waals surface area contributed by atoms with Gasteiger partial charge in [0.1, 0.15) is 5.69 Å². The van der Waals surface area contributed by atoms with Crippen molar-refractivity contribution in [2.75, 3.05) is 11.1 Å². The van der Waals surface area contributed by atoms with Crippen molar-refractivity contribution in [3.05, 3.63) is 53.3 Å². The minimum atomic E-state index is -0.323. The average molecular weight is 288 g/mol. The van der Waals surface area contributed by atoms with Gasteiger partial charge in [-0.15, -0.1) is 5.10 Å². The molecule has 20 heavy (non-hydrogen) atoms. The Morgan fingerprint density at radius 1 is 1.25 bits per heavy atom. The van der Waals surface area contributed by atoms with Crippen molar-refractivity contribution in [1.82, 2.24) is 14.6 Å². The molecule has 1 aromatic carbocycles. The second-order valence-electron chi connectivity index (χ2n) is 4.11. The molecule has 0 aliphatic rings. The number of amides is 1. The van der Waals surface area contributed by atoms with E-state index >= 15 is 0 Å². The molecule has 3 aromatic rings. The molecule has 3 N–H and O–H groups in total. The zero-order valence-electron chi connectivity index (χ0n) is 10.2. The summed E-state index contributed by atoms with van der Waals surface area (Å²) in [7, 11) is 0. The standard InChI is InChI=1S/C13H10ClN5O/c14-9-3-1-2-4-10(9)17-12(20)11-6-5-8-7-16-13(15)18-19(8)11/h1-7H,(H2,15,18)(H,17,20). The summed E-state index contributed by atoms with van der Waals surface area (Å²) in [6, 6.07) is 10.4. The molecule has 0 radical (unpaired) electrons. The van der Waals surface area contributed by atoms with E-state index in [1.54, 1.807) is 42.6 Å². The largest absolute Gasteiger partial charge is 0.367 e. The molecule has 6 nitrogen and oxygen atoms in total. The number of halogens is 1. The molecule has 0 fully saturated rings. The number of para-hydroxylation sites is 1. The van der Waals surface area contributed by atoms with Crippen LogP contribution in [0.3, 0.4) is 0 Å². The molecule has 0 spiro atoms. The van der Waals surface area contributed by atoms with E-state index < -0.39 is 0 Å². The fourth-order valence-corrected chi connectivity index (χ4v) is 2.02. The summed E-state index contributed by atoms with van der Waals surface area (Å²) in [5, 5.41) is 7.21. The number of nitrogens with two attached hydrogens (primary N) is 1. The summed E-state index contributed by atoms with van der Waals surface area (Å²) < 4.78 is 1.44. The molecule has 0 aliphatic carbocycles. The first kappa shape index (κ1) is 12.4. The lowest BCUT2D eigenvalue weighted by atomic mass is 10.3. The number of hydrogen-bond acceptors (Lipinski definition) is 4. The van der Waals surface area contributed by atoms with Crippen molar-refractivity contribution in [2.24, 2.45) is 0 Å². The third kappa shape index (κ3) is 2.17. The maximum atomic E-state index is 12.3. The summed E-state index contributed by atoms with van der Waals surface area (Å²) in [6.07, 6.45) is 1.55. The Hall–Kier alpha value is -2.60. The van der Waals surface area contributed by atoms with Crippen LogP contribution in [0.4, 0.5) is 11.6 Å². The summed E-state index contributed by atoms with van der Waals surface area (Å²) in [5.41, 5.74) is 7.11. The smallest absolute Gasteiger partial charge is 0.274 e. The summed E-state index contributed by atoms with van der Waals surface area (Å²) in [6.45, 7) is 0. The molecule has 2 aromatic heterocycles. The number of rotatable bonds is 2. The number of hydrogen-bond donors (Lipinski definition) is 2. The fraction of sp³-hybridized carbons (Fsp3) is 0. The summed E-state index contributed by atoms with van der Waals surface area (Å²) in [5.74, 6) is -0.225. The van der Waals surface area contributed by atoms with Gasteiger partial charge in [0.05, 0.1) is 22.4 Å². The minimum absolute atomic E-state index is 0.0977. The number of carbonyl (C=O) groups is 1. The topological polar surface area (TPSA) is 85.3 Å². The Kier molecular flexibility index (Phi) is 3.00. The molecule has 0 atom stereocenters. The molecule has 7 heteroatoms. The molecule has 2 heterocycles. The Morgan fingerprint density at radius 3 is 2.85 bits per heavy atom. The zero-order valence-corrected chi connectivity index (χ0v) is 11.0. The SMILES string of the molecule is Nc1ncc2ccc(C(=O)Nc3ccccc3Cl)n2n1. The fourth-order valence-electron chi connectivity index (χ4n) is 1.84. The van der Waals surface area contributed by atoms with Gasteiger partial charge in [-0.25, -0.2) is 9.50 Å². The van der Waals surface area contributed by atoms with Crippen LogP contribution in [0.2, 0.25) is 5.02 Å². The van der Waals surface area contributed by atoms with Gasteiger partial charge >= 0.3 is 0 Å². The normalized spacial score (nSPS) is 10.7. The van der Waals surface area contributed by atoms with Crippen molar-refractivity contribution >= 4 is 34.7 Å². The van der Waals surface area contributed by atoms with Gasteiger partial charge in [-0.3, -0.25) is 4.79 Å². The van der Waals surface area contributed by atoms with Crippen LogP contribution in [0.15, 0.2) is 42.6 Å². The highest BCUT2D eigenvalue weighted by molar-refractivity contribution is 6.33. The predicted octanol–water partition coefficient (Wildman–Crippen LogP) is 2.22. The quantitative estimate of drug-likeness (QED) is 0.757. The maximum Gasteiger partial charge on any atom is 0.274 e.